The monoisotopic (exact) mass is 356 g/mol. The van der Waals surface area contributed by atoms with E-state index in [1.165, 1.54) is 24.3 Å². The fourth-order valence-corrected chi connectivity index (χ4v) is 2.97. The van der Waals surface area contributed by atoms with Crippen molar-refractivity contribution in [1.82, 2.24) is 0 Å². The van der Waals surface area contributed by atoms with E-state index in [9.17, 15) is 22.8 Å². The van der Waals surface area contributed by atoms with Gasteiger partial charge in [0.05, 0.1) is 16.1 Å². The molecule has 0 unspecified atom stereocenters. The number of alkyl halides is 3. The van der Waals surface area contributed by atoms with E-state index in [1.54, 1.807) is 6.07 Å². The summed E-state index contributed by atoms with van der Waals surface area (Å²) in [6.45, 7) is 4.86. The molecule has 128 valence electrons. The molecule has 1 heterocycles. The molecule has 1 aromatic heterocycles. The Morgan fingerprint density at radius 2 is 1.75 bits per heavy atom. The summed E-state index contributed by atoms with van der Waals surface area (Å²) >= 11 is 1.22. The van der Waals surface area contributed by atoms with E-state index in [2.05, 4.69) is 10.6 Å². The number of hydrogen-bond donors (Lipinski definition) is 2. The molecule has 4 nitrogen and oxygen atoms in total. The molecule has 0 aliphatic heterocycles. The van der Waals surface area contributed by atoms with Crippen molar-refractivity contribution >= 4 is 34.5 Å². The molecular formula is C16H15F3N2O2S. The quantitative estimate of drug-likeness (QED) is 0.845. The van der Waals surface area contributed by atoms with E-state index in [0.717, 1.165) is 22.6 Å². The number of halogens is 3. The molecule has 0 radical (unpaired) electrons. The van der Waals surface area contributed by atoms with Crippen molar-refractivity contribution in [2.24, 2.45) is 0 Å². The minimum atomic E-state index is -4.67. The summed E-state index contributed by atoms with van der Waals surface area (Å²) in [6.07, 6.45) is -4.67. The molecule has 0 saturated heterocycles. The van der Waals surface area contributed by atoms with E-state index >= 15 is 0 Å². The number of rotatable bonds is 3. The summed E-state index contributed by atoms with van der Waals surface area (Å²) in [5, 5.41) is 4.58. The topological polar surface area (TPSA) is 58.2 Å². The van der Waals surface area contributed by atoms with Gasteiger partial charge < -0.3 is 10.6 Å². The highest BCUT2D eigenvalue weighted by Gasteiger charge is 2.34. The number of carbonyl (C=O) groups is 2. The first kappa shape index (κ1) is 18.0. The van der Waals surface area contributed by atoms with Crippen molar-refractivity contribution in [1.29, 1.82) is 0 Å². The zero-order chi connectivity index (χ0) is 18.1. The molecule has 0 aliphatic carbocycles. The van der Waals surface area contributed by atoms with Gasteiger partial charge in [-0.3, -0.25) is 9.59 Å². The Bertz CT molecular complexity index is 778. The normalized spacial score (nSPS) is 11.2. The summed E-state index contributed by atoms with van der Waals surface area (Å²) in [4.78, 5) is 24.4. The van der Waals surface area contributed by atoms with Crippen LogP contribution >= 0.6 is 11.3 Å². The number of amides is 2. The van der Waals surface area contributed by atoms with Crippen molar-refractivity contribution in [3.8, 4) is 0 Å². The van der Waals surface area contributed by atoms with Gasteiger partial charge in [-0.05, 0) is 43.7 Å². The van der Waals surface area contributed by atoms with Gasteiger partial charge in [-0.25, -0.2) is 0 Å². The van der Waals surface area contributed by atoms with Crippen LogP contribution in [0.4, 0.5) is 24.5 Å². The molecule has 2 rings (SSSR count). The predicted octanol–water partition coefficient (Wildman–Crippen LogP) is 4.59. The smallest absolute Gasteiger partial charge is 0.326 e. The van der Waals surface area contributed by atoms with Crippen molar-refractivity contribution in [3.63, 3.8) is 0 Å². The summed E-state index contributed by atoms with van der Waals surface area (Å²) in [5.74, 6) is -1.08. The molecule has 2 aromatic rings. The maximum Gasteiger partial charge on any atom is 0.418 e. The van der Waals surface area contributed by atoms with Crippen LogP contribution in [0.1, 0.15) is 32.6 Å². The molecule has 0 bridgehead atoms. The van der Waals surface area contributed by atoms with E-state index in [4.69, 9.17) is 0 Å². The first-order valence-corrected chi connectivity index (χ1v) is 7.77. The molecule has 1 aromatic carbocycles. The Morgan fingerprint density at radius 3 is 2.25 bits per heavy atom. The molecule has 0 atom stereocenters. The molecule has 2 N–H and O–H groups in total. The Balaban J connectivity index is 2.35. The molecule has 0 fully saturated rings. The summed E-state index contributed by atoms with van der Waals surface area (Å²) in [6, 6.07) is 4.85. The minimum Gasteiger partial charge on any atom is -0.326 e. The highest BCUT2D eigenvalue weighted by Crippen LogP contribution is 2.37. The zero-order valence-electron chi connectivity index (χ0n) is 13.2. The average Bonchev–Trinajstić information content (AvgIpc) is 2.79. The van der Waals surface area contributed by atoms with E-state index < -0.39 is 23.6 Å². The second-order valence-corrected chi connectivity index (χ2v) is 6.50. The zero-order valence-corrected chi connectivity index (χ0v) is 14.0. The first-order valence-electron chi connectivity index (χ1n) is 6.95. The first-order chi connectivity index (χ1) is 11.1. The van der Waals surface area contributed by atoms with Gasteiger partial charge >= 0.3 is 6.18 Å². The average molecular weight is 356 g/mol. The summed E-state index contributed by atoms with van der Waals surface area (Å²) < 4.78 is 39.7. The minimum absolute atomic E-state index is 0.00985. The van der Waals surface area contributed by atoms with E-state index in [0.29, 0.717) is 4.88 Å². The van der Waals surface area contributed by atoms with Gasteiger partial charge in [0.15, 0.2) is 0 Å². The number of nitrogens with one attached hydrogen (secondary N) is 2. The number of hydrogen-bond acceptors (Lipinski definition) is 3. The SMILES string of the molecule is CC(=O)Nc1ccc(NC(=O)c2cc(C)c(C)s2)c(C(F)(F)F)c1. The van der Waals surface area contributed by atoms with Crippen LogP contribution in [0, 0.1) is 13.8 Å². The third-order valence-corrected chi connectivity index (χ3v) is 4.43. The van der Waals surface area contributed by atoms with Crippen LogP contribution in [0.5, 0.6) is 0 Å². The van der Waals surface area contributed by atoms with Crippen molar-refractivity contribution in [2.45, 2.75) is 26.9 Å². The van der Waals surface area contributed by atoms with Crippen LogP contribution < -0.4 is 10.6 Å². The Labute approximate surface area is 140 Å². The van der Waals surface area contributed by atoms with Crippen LogP contribution in [0.15, 0.2) is 24.3 Å². The highest BCUT2D eigenvalue weighted by molar-refractivity contribution is 7.14. The number of carbonyl (C=O) groups excluding carboxylic acids is 2. The highest BCUT2D eigenvalue weighted by atomic mass is 32.1. The van der Waals surface area contributed by atoms with Crippen LogP contribution in [-0.4, -0.2) is 11.8 Å². The lowest BCUT2D eigenvalue weighted by Crippen LogP contribution is -2.16. The molecule has 0 saturated carbocycles. The fraction of sp³-hybridized carbons (Fsp3) is 0.250. The van der Waals surface area contributed by atoms with Gasteiger partial charge in [0.2, 0.25) is 5.91 Å². The second kappa shape index (κ2) is 6.64. The summed E-state index contributed by atoms with van der Waals surface area (Å²) in [5.41, 5.74) is -0.463. The van der Waals surface area contributed by atoms with Crippen molar-refractivity contribution in [3.05, 3.63) is 45.1 Å². The lowest BCUT2D eigenvalue weighted by atomic mass is 10.1. The third-order valence-electron chi connectivity index (χ3n) is 3.28. The number of benzene rings is 1. The van der Waals surface area contributed by atoms with Crippen LogP contribution in [0.25, 0.3) is 0 Å². The van der Waals surface area contributed by atoms with Gasteiger partial charge in [0.25, 0.3) is 5.91 Å². The predicted molar refractivity (Wildman–Crippen MR) is 87.5 cm³/mol. The maximum absolute atomic E-state index is 13.2. The van der Waals surface area contributed by atoms with Crippen LogP contribution in [0.2, 0.25) is 0 Å². The lowest BCUT2D eigenvalue weighted by Gasteiger charge is -2.15. The van der Waals surface area contributed by atoms with E-state index in [1.807, 2.05) is 13.8 Å². The lowest BCUT2D eigenvalue weighted by molar-refractivity contribution is -0.137. The van der Waals surface area contributed by atoms with E-state index in [-0.39, 0.29) is 11.4 Å². The molecular weight excluding hydrogens is 341 g/mol. The standard InChI is InChI=1S/C16H15F3N2O2S/c1-8-6-14(24-9(8)2)15(23)21-13-5-4-11(20-10(3)22)7-12(13)16(17,18)19/h4-7H,1-3H3,(H,20,22)(H,21,23). The largest absolute Gasteiger partial charge is 0.418 e. The van der Waals surface area contributed by atoms with Gasteiger partial charge in [0, 0.05) is 17.5 Å². The van der Waals surface area contributed by atoms with Gasteiger partial charge in [0.1, 0.15) is 0 Å². The molecule has 0 aliphatic rings. The second-order valence-electron chi connectivity index (χ2n) is 5.24. The molecule has 24 heavy (non-hydrogen) atoms. The molecule has 2 amide bonds. The number of anilines is 2. The Hall–Kier alpha value is -2.35. The van der Waals surface area contributed by atoms with Gasteiger partial charge in [-0.2, -0.15) is 13.2 Å². The van der Waals surface area contributed by atoms with Crippen LogP contribution in [0.3, 0.4) is 0 Å². The van der Waals surface area contributed by atoms with Gasteiger partial charge in [-0.15, -0.1) is 11.3 Å². The number of aryl methyl sites for hydroxylation is 2. The fourth-order valence-electron chi connectivity index (χ4n) is 2.04. The Morgan fingerprint density at radius 1 is 1.08 bits per heavy atom. The molecule has 0 spiro atoms. The molecule has 8 heteroatoms. The van der Waals surface area contributed by atoms with Crippen molar-refractivity contribution < 1.29 is 22.8 Å². The Kier molecular flexibility index (Phi) is 4.98. The van der Waals surface area contributed by atoms with Gasteiger partial charge in [-0.1, -0.05) is 0 Å². The third kappa shape index (κ3) is 4.14. The summed E-state index contributed by atoms with van der Waals surface area (Å²) in [7, 11) is 0. The van der Waals surface area contributed by atoms with Crippen molar-refractivity contribution in [2.75, 3.05) is 10.6 Å². The van der Waals surface area contributed by atoms with Crippen LogP contribution in [-0.2, 0) is 11.0 Å². The number of thiophene rings is 1. The maximum atomic E-state index is 13.2.